The molecule has 5 nitrogen and oxygen atoms in total. The van der Waals surface area contributed by atoms with Crippen molar-refractivity contribution in [3.8, 4) is 0 Å². The van der Waals surface area contributed by atoms with E-state index in [-0.39, 0.29) is 18.6 Å². The molecule has 84 valence electrons. The quantitative estimate of drug-likeness (QED) is 0.741. The number of aliphatic hydroxyl groups excluding tert-OH is 1. The molecule has 1 atom stereocenters. The van der Waals surface area contributed by atoms with Crippen molar-refractivity contribution in [3.63, 3.8) is 0 Å². The maximum absolute atomic E-state index is 11.6. The van der Waals surface area contributed by atoms with Gasteiger partial charge in [-0.25, -0.2) is 0 Å². The van der Waals surface area contributed by atoms with Crippen molar-refractivity contribution in [1.29, 1.82) is 0 Å². The Hall–Kier alpha value is -1.36. The van der Waals surface area contributed by atoms with E-state index in [0.29, 0.717) is 12.0 Å². The second kappa shape index (κ2) is 5.50. The number of amides is 1. The highest BCUT2D eigenvalue weighted by Crippen LogP contribution is 1.99. The number of aliphatic hydroxyl groups is 1. The third-order valence-corrected chi connectivity index (χ3v) is 2.16. The fourth-order valence-corrected chi connectivity index (χ4v) is 1.23. The van der Waals surface area contributed by atoms with Crippen LogP contribution in [0.4, 0.5) is 0 Å². The number of rotatable bonds is 5. The molecule has 1 amide bonds. The highest BCUT2D eigenvalue weighted by atomic mass is 16.3. The first-order valence-electron chi connectivity index (χ1n) is 5.11. The zero-order chi connectivity index (χ0) is 11.3. The maximum atomic E-state index is 11.6. The van der Waals surface area contributed by atoms with Crippen LogP contribution >= 0.6 is 0 Å². The van der Waals surface area contributed by atoms with Gasteiger partial charge in [0.1, 0.15) is 0 Å². The summed E-state index contributed by atoms with van der Waals surface area (Å²) in [5.41, 5.74) is 0.557. The molecule has 15 heavy (non-hydrogen) atoms. The lowest BCUT2D eigenvalue weighted by atomic mass is 10.2. The molecule has 0 fully saturated rings. The zero-order valence-electron chi connectivity index (χ0n) is 9.10. The van der Waals surface area contributed by atoms with E-state index in [1.807, 2.05) is 13.8 Å². The lowest BCUT2D eigenvalue weighted by Crippen LogP contribution is -2.32. The number of carbonyl (C=O) groups excluding carboxylic acids is 1. The zero-order valence-corrected chi connectivity index (χ0v) is 9.10. The first kappa shape index (κ1) is 11.7. The average Bonchev–Trinajstić information content (AvgIpc) is 2.66. The van der Waals surface area contributed by atoms with Crippen LogP contribution in [-0.4, -0.2) is 33.4 Å². The minimum absolute atomic E-state index is 0.0209. The molecule has 0 radical (unpaired) electrons. The van der Waals surface area contributed by atoms with Crippen LogP contribution in [0.1, 0.15) is 30.6 Å². The monoisotopic (exact) mass is 211 g/mol. The third kappa shape index (κ3) is 3.36. The van der Waals surface area contributed by atoms with E-state index in [2.05, 4.69) is 10.4 Å². The predicted molar refractivity (Wildman–Crippen MR) is 56.5 cm³/mol. The predicted octanol–water partition coefficient (Wildman–Crippen LogP) is 0.404. The summed E-state index contributed by atoms with van der Waals surface area (Å²) in [6, 6.07) is -0.0209. The van der Waals surface area contributed by atoms with Crippen LogP contribution in [0.25, 0.3) is 0 Å². The number of hydrogen-bond acceptors (Lipinski definition) is 3. The van der Waals surface area contributed by atoms with Crippen molar-refractivity contribution in [2.45, 2.75) is 32.9 Å². The van der Waals surface area contributed by atoms with Gasteiger partial charge in [-0.15, -0.1) is 0 Å². The van der Waals surface area contributed by atoms with Crippen molar-refractivity contribution in [2.75, 3.05) is 6.61 Å². The van der Waals surface area contributed by atoms with Crippen molar-refractivity contribution >= 4 is 5.91 Å². The SMILES string of the molecule is CCn1cc(C(=O)NC(C)CCO)cn1. The molecule has 1 aromatic rings. The van der Waals surface area contributed by atoms with Crippen molar-refractivity contribution in [2.24, 2.45) is 0 Å². The summed E-state index contributed by atoms with van der Waals surface area (Å²) in [4.78, 5) is 11.6. The van der Waals surface area contributed by atoms with Gasteiger partial charge in [0.2, 0.25) is 0 Å². The van der Waals surface area contributed by atoms with Crippen LogP contribution in [0.2, 0.25) is 0 Å². The van der Waals surface area contributed by atoms with Crippen LogP contribution in [-0.2, 0) is 6.54 Å². The molecule has 1 aromatic heterocycles. The van der Waals surface area contributed by atoms with Gasteiger partial charge in [-0.2, -0.15) is 5.10 Å². The smallest absolute Gasteiger partial charge is 0.254 e. The van der Waals surface area contributed by atoms with Crippen molar-refractivity contribution < 1.29 is 9.90 Å². The van der Waals surface area contributed by atoms with Gasteiger partial charge in [-0.3, -0.25) is 9.48 Å². The van der Waals surface area contributed by atoms with E-state index >= 15 is 0 Å². The van der Waals surface area contributed by atoms with Crippen LogP contribution in [0.5, 0.6) is 0 Å². The molecular formula is C10H17N3O2. The van der Waals surface area contributed by atoms with Gasteiger partial charge in [0.05, 0.1) is 11.8 Å². The molecule has 0 aromatic carbocycles. The van der Waals surface area contributed by atoms with E-state index in [1.54, 1.807) is 17.1 Å². The molecule has 1 rings (SSSR count). The number of aryl methyl sites for hydroxylation is 1. The molecule has 2 N–H and O–H groups in total. The van der Waals surface area contributed by atoms with Gasteiger partial charge in [0, 0.05) is 25.4 Å². The molecule has 0 saturated carbocycles. The topological polar surface area (TPSA) is 67.2 Å². The van der Waals surface area contributed by atoms with E-state index in [1.165, 1.54) is 0 Å². The second-order valence-corrected chi connectivity index (χ2v) is 3.47. The number of carbonyl (C=O) groups is 1. The summed E-state index contributed by atoms with van der Waals surface area (Å²) < 4.78 is 1.70. The van der Waals surface area contributed by atoms with Gasteiger partial charge >= 0.3 is 0 Å². The van der Waals surface area contributed by atoms with Crippen molar-refractivity contribution in [3.05, 3.63) is 18.0 Å². The van der Waals surface area contributed by atoms with E-state index in [0.717, 1.165) is 6.54 Å². The van der Waals surface area contributed by atoms with Crippen LogP contribution in [0.3, 0.4) is 0 Å². The standard InChI is InChI=1S/C10H17N3O2/c1-3-13-7-9(6-11-13)10(15)12-8(2)4-5-14/h6-8,14H,3-5H2,1-2H3,(H,12,15). The summed E-state index contributed by atoms with van der Waals surface area (Å²) in [7, 11) is 0. The largest absolute Gasteiger partial charge is 0.396 e. The van der Waals surface area contributed by atoms with Gasteiger partial charge in [-0.1, -0.05) is 0 Å². The summed E-state index contributed by atoms with van der Waals surface area (Å²) in [6.45, 7) is 4.65. The molecule has 0 saturated heterocycles. The summed E-state index contributed by atoms with van der Waals surface area (Å²) in [5.74, 6) is -0.143. The van der Waals surface area contributed by atoms with E-state index in [9.17, 15) is 4.79 Å². The van der Waals surface area contributed by atoms with Crippen LogP contribution in [0, 0.1) is 0 Å². The molecule has 0 aliphatic carbocycles. The fourth-order valence-electron chi connectivity index (χ4n) is 1.23. The first-order chi connectivity index (χ1) is 7.17. The average molecular weight is 211 g/mol. The molecule has 5 heteroatoms. The Bertz CT molecular complexity index is 322. The van der Waals surface area contributed by atoms with Crippen LogP contribution < -0.4 is 5.32 Å². The number of nitrogens with one attached hydrogen (secondary N) is 1. The summed E-state index contributed by atoms with van der Waals surface area (Å²) in [5, 5.41) is 15.5. The third-order valence-electron chi connectivity index (χ3n) is 2.16. The number of nitrogens with zero attached hydrogens (tertiary/aromatic N) is 2. The minimum Gasteiger partial charge on any atom is -0.396 e. The Kier molecular flexibility index (Phi) is 4.30. The second-order valence-electron chi connectivity index (χ2n) is 3.47. The van der Waals surface area contributed by atoms with E-state index in [4.69, 9.17) is 5.11 Å². The Morgan fingerprint density at radius 2 is 2.47 bits per heavy atom. The Morgan fingerprint density at radius 1 is 1.73 bits per heavy atom. The van der Waals surface area contributed by atoms with Gasteiger partial charge in [0.15, 0.2) is 0 Å². The lowest BCUT2D eigenvalue weighted by Gasteiger charge is -2.10. The molecule has 1 unspecified atom stereocenters. The van der Waals surface area contributed by atoms with Gasteiger partial charge < -0.3 is 10.4 Å². The first-order valence-corrected chi connectivity index (χ1v) is 5.11. The molecule has 0 spiro atoms. The lowest BCUT2D eigenvalue weighted by molar-refractivity contribution is 0.0934. The molecule has 0 bridgehead atoms. The summed E-state index contributed by atoms with van der Waals surface area (Å²) >= 11 is 0. The molecular weight excluding hydrogens is 194 g/mol. The Labute approximate surface area is 89.1 Å². The Morgan fingerprint density at radius 3 is 3.00 bits per heavy atom. The Balaban J connectivity index is 2.53. The maximum Gasteiger partial charge on any atom is 0.254 e. The minimum atomic E-state index is -0.143. The highest BCUT2D eigenvalue weighted by molar-refractivity contribution is 5.93. The van der Waals surface area contributed by atoms with E-state index < -0.39 is 0 Å². The van der Waals surface area contributed by atoms with Gasteiger partial charge in [-0.05, 0) is 20.3 Å². The summed E-state index contributed by atoms with van der Waals surface area (Å²) in [6.07, 6.45) is 3.82. The number of hydrogen-bond donors (Lipinski definition) is 2. The van der Waals surface area contributed by atoms with Gasteiger partial charge in [0.25, 0.3) is 5.91 Å². The van der Waals surface area contributed by atoms with Crippen LogP contribution in [0.15, 0.2) is 12.4 Å². The van der Waals surface area contributed by atoms with Crippen molar-refractivity contribution in [1.82, 2.24) is 15.1 Å². The fraction of sp³-hybridized carbons (Fsp3) is 0.600. The molecule has 0 aliphatic rings. The highest BCUT2D eigenvalue weighted by Gasteiger charge is 2.10. The number of aromatic nitrogens is 2. The normalized spacial score (nSPS) is 12.5. The molecule has 0 aliphatic heterocycles. The molecule has 1 heterocycles.